The fraction of sp³-hybridized carbons (Fsp3) is 0.545. The number of ether oxygens (including phenoxy) is 2. The molecule has 150 valence electrons. The molecule has 4 rings (SSSR count). The predicted octanol–water partition coefficient (Wildman–Crippen LogP) is 2.79. The molecule has 28 heavy (non-hydrogen) atoms. The summed E-state index contributed by atoms with van der Waals surface area (Å²) in [6.07, 6.45) is 14.7. The van der Waals surface area contributed by atoms with Crippen LogP contribution in [0.1, 0.15) is 51.4 Å². The fourth-order valence-corrected chi connectivity index (χ4v) is 4.04. The van der Waals surface area contributed by atoms with Gasteiger partial charge in [0.05, 0.1) is 12.2 Å². The van der Waals surface area contributed by atoms with Gasteiger partial charge in [0.15, 0.2) is 0 Å². The van der Waals surface area contributed by atoms with Crippen molar-refractivity contribution in [3.8, 4) is 0 Å². The quantitative estimate of drug-likeness (QED) is 0.662. The summed E-state index contributed by atoms with van der Waals surface area (Å²) in [6.45, 7) is 1.36. The summed E-state index contributed by atoms with van der Waals surface area (Å²) in [5.41, 5.74) is 4.53. The van der Waals surface area contributed by atoms with Crippen molar-refractivity contribution in [2.75, 3.05) is 13.2 Å². The van der Waals surface area contributed by atoms with Gasteiger partial charge in [-0.15, -0.1) is 0 Å². The first-order valence-electron chi connectivity index (χ1n) is 10.3. The highest BCUT2D eigenvalue weighted by Crippen LogP contribution is 2.27. The van der Waals surface area contributed by atoms with E-state index in [1.807, 2.05) is 0 Å². The molecule has 0 aromatic heterocycles. The van der Waals surface area contributed by atoms with Gasteiger partial charge in [0.2, 0.25) is 11.8 Å². The van der Waals surface area contributed by atoms with E-state index in [1.165, 1.54) is 11.1 Å². The molecular formula is C22H28N2O4. The van der Waals surface area contributed by atoms with Crippen LogP contribution in [0, 0.1) is 0 Å². The van der Waals surface area contributed by atoms with E-state index in [2.05, 4.69) is 34.9 Å². The molecule has 0 radical (unpaired) electrons. The molecule has 6 nitrogen and oxygen atoms in total. The van der Waals surface area contributed by atoms with Crippen LogP contribution in [0.3, 0.4) is 0 Å². The van der Waals surface area contributed by atoms with Crippen LogP contribution >= 0.6 is 0 Å². The molecule has 2 N–H and O–H groups in total. The molecule has 6 heteroatoms. The van der Waals surface area contributed by atoms with Crippen molar-refractivity contribution in [1.82, 2.24) is 10.6 Å². The van der Waals surface area contributed by atoms with Crippen LogP contribution in [0.25, 0.3) is 0 Å². The summed E-state index contributed by atoms with van der Waals surface area (Å²) in [7, 11) is 0. The van der Waals surface area contributed by atoms with Crippen molar-refractivity contribution in [2.24, 2.45) is 0 Å². The number of carbonyl (C=O) groups is 2. The molecule has 2 heterocycles. The molecule has 0 saturated carbocycles. The first kappa shape index (κ1) is 19.2. The zero-order valence-corrected chi connectivity index (χ0v) is 16.2. The normalized spacial score (nSPS) is 26.7. The topological polar surface area (TPSA) is 76.7 Å². The summed E-state index contributed by atoms with van der Waals surface area (Å²) in [4.78, 5) is 23.1. The number of allylic oxidation sites excluding steroid dienone is 4. The van der Waals surface area contributed by atoms with Gasteiger partial charge < -0.3 is 20.1 Å². The Hall–Kier alpha value is -2.18. The smallest absolute Gasteiger partial charge is 0.224 e. The van der Waals surface area contributed by atoms with Gasteiger partial charge >= 0.3 is 0 Å². The molecule has 0 aromatic rings. The minimum atomic E-state index is 0.0413. The van der Waals surface area contributed by atoms with Crippen LogP contribution < -0.4 is 10.6 Å². The largest absolute Gasteiger partial charge is 0.374 e. The lowest BCUT2D eigenvalue weighted by molar-refractivity contribution is -0.121. The van der Waals surface area contributed by atoms with E-state index in [4.69, 9.17) is 9.47 Å². The Morgan fingerprint density at radius 2 is 1.21 bits per heavy atom. The Kier molecular flexibility index (Phi) is 6.07. The van der Waals surface area contributed by atoms with E-state index in [0.717, 1.165) is 49.9 Å². The third-order valence-electron chi connectivity index (χ3n) is 5.64. The van der Waals surface area contributed by atoms with Gasteiger partial charge in [0.1, 0.15) is 0 Å². The lowest BCUT2D eigenvalue weighted by Gasteiger charge is -2.27. The van der Waals surface area contributed by atoms with Crippen LogP contribution in [-0.4, -0.2) is 37.2 Å². The first-order valence-corrected chi connectivity index (χ1v) is 10.3. The third-order valence-corrected chi connectivity index (χ3v) is 5.64. The van der Waals surface area contributed by atoms with Crippen LogP contribution in [0.4, 0.5) is 0 Å². The van der Waals surface area contributed by atoms with Gasteiger partial charge in [-0.2, -0.15) is 0 Å². The second-order valence-corrected chi connectivity index (χ2v) is 7.76. The molecule has 2 amide bonds. The van der Waals surface area contributed by atoms with Crippen molar-refractivity contribution in [2.45, 2.75) is 63.6 Å². The van der Waals surface area contributed by atoms with E-state index >= 15 is 0 Å². The van der Waals surface area contributed by atoms with Gasteiger partial charge in [-0.05, 0) is 36.8 Å². The number of rotatable bonds is 7. The average Bonchev–Trinajstić information content (AvgIpc) is 2.70. The Morgan fingerprint density at radius 3 is 1.68 bits per heavy atom. The third kappa shape index (κ3) is 4.80. The summed E-state index contributed by atoms with van der Waals surface area (Å²) in [5, 5.41) is 5.94. The minimum Gasteiger partial charge on any atom is -0.374 e. The maximum absolute atomic E-state index is 11.5. The highest BCUT2D eigenvalue weighted by molar-refractivity contribution is 5.80. The lowest BCUT2D eigenvalue weighted by Crippen LogP contribution is -2.32. The first-order chi connectivity index (χ1) is 13.7. The molecule has 0 spiro atoms. The van der Waals surface area contributed by atoms with Gasteiger partial charge in [-0.25, -0.2) is 0 Å². The number of nitrogens with one attached hydrogen (secondary N) is 2. The molecule has 2 aliphatic heterocycles. The van der Waals surface area contributed by atoms with E-state index < -0.39 is 0 Å². The number of carbonyl (C=O) groups excluding carboxylic acids is 2. The molecule has 0 unspecified atom stereocenters. The van der Waals surface area contributed by atoms with Crippen LogP contribution in [-0.2, 0) is 19.1 Å². The fourth-order valence-electron chi connectivity index (χ4n) is 4.04. The molecule has 2 aliphatic carbocycles. The molecule has 2 atom stereocenters. The summed E-state index contributed by atoms with van der Waals surface area (Å²) in [5.74, 6) is 0.217. The number of hydrogen-bond acceptors (Lipinski definition) is 4. The second-order valence-electron chi connectivity index (χ2n) is 7.76. The van der Waals surface area contributed by atoms with E-state index in [1.54, 1.807) is 0 Å². The standard InChI is InChI=1S/C22H28N2O4/c25-21-9-5-15-3-7-17(13-19(15)23-21)27-11-1-2-12-28-18-8-4-16-6-10-22(26)24-20(16)14-18/h3-4,7-8,17-18H,1-2,5-6,9-14H2,(H,23,25)(H,24,26)/t17-,18-/m0/s1. The highest BCUT2D eigenvalue weighted by atomic mass is 16.5. The molecular weight excluding hydrogens is 356 g/mol. The Labute approximate surface area is 165 Å². The lowest BCUT2D eigenvalue weighted by atomic mass is 9.94. The molecule has 0 bridgehead atoms. The zero-order valence-electron chi connectivity index (χ0n) is 16.2. The monoisotopic (exact) mass is 384 g/mol. The summed E-state index contributed by atoms with van der Waals surface area (Å²) < 4.78 is 11.9. The van der Waals surface area contributed by atoms with E-state index in [9.17, 15) is 9.59 Å². The Bertz CT molecular complexity index is 698. The van der Waals surface area contributed by atoms with Gasteiger partial charge in [-0.3, -0.25) is 9.59 Å². The number of hydrogen-bond donors (Lipinski definition) is 2. The summed E-state index contributed by atoms with van der Waals surface area (Å²) in [6, 6.07) is 0. The SMILES string of the molecule is O=C1CCC2=C(C[C@@H](OCCCCO[C@H]3C=CC4=C(C3)NC(=O)CC4)C=C2)N1. The Morgan fingerprint density at radius 1 is 0.750 bits per heavy atom. The van der Waals surface area contributed by atoms with Crippen molar-refractivity contribution >= 4 is 11.8 Å². The number of unbranched alkanes of at least 4 members (excludes halogenated alkanes) is 1. The zero-order chi connectivity index (χ0) is 19.3. The maximum Gasteiger partial charge on any atom is 0.224 e. The highest BCUT2D eigenvalue weighted by Gasteiger charge is 2.23. The average molecular weight is 384 g/mol. The van der Waals surface area contributed by atoms with Crippen LogP contribution in [0.15, 0.2) is 46.8 Å². The van der Waals surface area contributed by atoms with Gasteiger partial charge in [0, 0.05) is 50.3 Å². The van der Waals surface area contributed by atoms with Crippen LogP contribution in [0.5, 0.6) is 0 Å². The molecule has 0 fully saturated rings. The number of amides is 2. The van der Waals surface area contributed by atoms with Gasteiger partial charge in [-0.1, -0.05) is 24.3 Å². The van der Waals surface area contributed by atoms with Crippen molar-refractivity contribution < 1.29 is 19.1 Å². The summed E-state index contributed by atoms with van der Waals surface area (Å²) >= 11 is 0. The van der Waals surface area contributed by atoms with Crippen LogP contribution in [0.2, 0.25) is 0 Å². The van der Waals surface area contributed by atoms with E-state index in [-0.39, 0.29) is 24.0 Å². The second kappa shape index (κ2) is 8.88. The minimum absolute atomic E-state index is 0.0413. The maximum atomic E-state index is 11.5. The van der Waals surface area contributed by atoms with Crippen molar-refractivity contribution in [3.63, 3.8) is 0 Å². The molecule has 4 aliphatic rings. The molecule has 0 saturated heterocycles. The van der Waals surface area contributed by atoms with Crippen molar-refractivity contribution in [3.05, 3.63) is 46.8 Å². The van der Waals surface area contributed by atoms with Crippen molar-refractivity contribution in [1.29, 1.82) is 0 Å². The molecule has 0 aromatic carbocycles. The van der Waals surface area contributed by atoms with Gasteiger partial charge in [0.25, 0.3) is 0 Å². The van der Waals surface area contributed by atoms with E-state index in [0.29, 0.717) is 26.1 Å². The predicted molar refractivity (Wildman–Crippen MR) is 105 cm³/mol. The Balaban J connectivity index is 1.10.